The van der Waals surface area contributed by atoms with Crippen molar-refractivity contribution in [1.29, 1.82) is 0 Å². The molecule has 188 valence electrons. The highest BCUT2D eigenvalue weighted by Crippen LogP contribution is 2.34. The molecule has 6 nitrogen and oxygen atoms in total. The third-order valence-electron chi connectivity index (χ3n) is 5.88. The van der Waals surface area contributed by atoms with E-state index in [1.54, 1.807) is 67.8 Å². The minimum atomic E-state index is -1.91. The number of aliphatic hydroxyl groups is 1. The number of halogens is 1. The molecule has 2 N–H and O–H groups in total. The number of aryl methyl sites for hydroxylation is 1. The van der Waals surface area contributed by atoms with Gasteiger partial charge >= 0.3 is 0 Å². The molecule has 37 heavy (non-hydrogen) atoms. The van der Waals surface area contributed by atoms with Gasteiger partial charge in [0, 0.05) is 10.0 Å². The largest absolute Gasteiger partial charge is 0.493 e. The predicted molar refractivity (Wildman–Crippen MR) is 148 cm³/mol. The Morgan fingerprint density at radius 2 is 1.54 bits per heavy atom. The summed E-state index contributed by atoms with van der Waals surface area (Å²) in [6.07, 6.45) is 1.48. The highest BCUT2D eigenvalue weighted by molar-refractivity contribution is 9.10. The smallest absolute Gasteiger partial charge is 0.281 e. The Kier molecular flexibility index (Phi) is 8.38. The Labute approximate surface area is 224 Å². The van der Waals surface area contributed by atoms with Gasteiger partial charge in [-0.2, -0.15) is 5.10 Å². The molecule has 0 fully saturated rings. The fourth-order valence-electron chi connectivity index (χ4n) is 3.80. The minimum absolute atomic E-state index is 0.393. The van der Waals surface area contributed by atoms with Gasteiger partial charge in [-0.05, 0) is 51.7 Å². The number of hydrogen-bond donors (Lipinski definition) is 2. The summed E-state index contributed by atoms with van der Waals surface area (Å²) in [5.41, 5.74) is 4.33. The van der Waals surface area contributed by atoms with E-state index in [1.807, 2.05) is 43.3 Å². The first-order valence-corrected chi connectivity index (χ1v) is 12.4. The highest BCUT2D eigenvalue weighted by Gasteiger charge is 2.39. The van der Waals surface area contributed by atoms with E-state index in [0.29, 0.717) is 39.3 Å². The minimum Gasteiger partial charge on any atom is -0.493 e. The molecule has 0 aliphatic carbocycles. The molecule has 0 heterocycles. The summed E-state index contributed by atoms with van der Waals surface area (Å²) in [6.45, 7) is 2.43. The number of nitrogens with one attached hydrogen (secondary N) is 1. The van der Waals surface area contributed by atoms with Crippen molar-refractivity contribution in [2.75, 3.05) is 7.11 Å². The van der Waals surface area contributed by atoms with Gasteiger partial charge < -0.3 is 14.6 Å². The van der Waals surface area contributed by atoms with E-state index in [-0.39, 0.29) is 0 Å². The number of benzene rings is 4. The molecule has 0 aliphatic rings. The second-order valence-electron chi connectivity index (χ2n) is 8.44. The molecule has 0 aliphatic heterocycles. The van der Waals surface area contributed by atoms with Gasteiger partial charge in [0.15, 0.2) is 17.1 Å². The first-order valence-electron chi connectivity index (χ1n) is 11.6. The fraction of sp³-hybridized carbons (Fsp3) is 0.133. The van der Waals surface area contributed by atoms with Crippen molar-refractivity contribution in [2.45, 2.75) is 19.1 Å². The van der Waals surface area contributed by atoms with Gasteiger partial charge in [-0.15, -0.1) is 0 Å². The molecule has 1 amide bonds. The van der Waals surface area contributed by atoms with Crippen LogP contribution in [0.5, 0.6) is 11.5 Å². The monoisotopic (exact) mass is 558 g/mol. The Hall–Kier alpha value is -3.94. The summed E-state index contributed by atoms with van der Waals surface area (Å²) in [5.74, 6) is 0.411. The molecule has 0 spiro atoms. The Balaban J connectivity index is 1.52. The van der Waals surface area contributed by atoms with Crippen LogP contribution < -0.4 is 14.9 Å². The molecular formula is C30H27BrN2O4. The standard InChI is InChI=1S/C30H27BrN2O4/c1-21-13-15-22(16-14-21)20-37-28-18-26(31)23(17-27(28)36-2)19-32-33-29(34)30(35,24-9-5-3-6-10-24)25-11-7-4-8-12-25/h3-19,35H,20H2,1-2H3,(H,33,34). The van der Waals surface area contributed by atoms with Gasteiger partial charge in [-0.1, -0.05) is 90.5 Å². The normalized spacial score (nSPS) is 11.4. The van der Waals surface area contributed by atoms with Crippen molar-refractivity contribution in [3.63, 3.8) is 0 Å². The van der Waals surface area contributed by atoms with Gasteiger partial charge in [0.05, 0.1) is 13.3 Å². The summed E-state index contributed by atoms with van der Waals surface area (Å²) in [4.78, 5) is 13.2. The van der Waals surface area contributed by atoms with Crippen LogP contribution >= 0.6 is 15.9 Å². The molecule has 0 saturated carbocycles. The Bertz CT molecular complexity index is 1330. The summed E-state index contributed by atoms with van der Waals surface area (Å²) in [7, 11) is 1.56. The maximum absolute atomic E-state index is 13.2. The van der Waals surface area contributed by atoms with Crippen molar-refractivity contribution in [3.8, 4) is 11.5 Å². The lowest BCUT2D eigenvalue weighted by atomic mass is 9.85. The van der Waals surface area contributed by atoms with E-state index in [0.717, 1.165) is 5.56 Å². The summed E-state index contributed by atoms with van der Waals surface area (Å²) < 4.78 is 12.2. The summed E-state index contributed by atoms with van der Waals surface area (Å²) in [5, 5.41) is 15.6. The van der Waals surface area contributed by atoms with Crippen molar-refractivity contribution >= 4 is 28.1 Å². The number of methoxy groups -OCH3 is 1. The number of hydrogen-bond acceptors (Lipinski definition) is 5. The lowest BCUT2D eigenvalue weighted by Gasteiger charge is -2.27. The zero-order valence-electron chi connectivity index (χ0n) is 20.5. The Morgan fingerprint density at radius 3 is 2.11 bits per heavy atom. The van der Waals surface area contributed by atoms with Gasteiger partial charge in [-0.3, -0.25) is 4.79 Å². The maximum atomic E-state index is 13.2. The maximum Gasteiger partial charge on any atom is 0.281 e. The lowest BCUT2D eigenvalue weighted by Crippen LogP contribution is -2.43. The van der Waals surface area contributed by atoms with Crippen molar-refractivity contribution in [1.82, 2.24) is 5.43 Å². The molecule has 4 aromatic rings. The van der Waals surface area contributed by atoms with Crippen LogP contribution in [0.15, 0.2) is 107 Å². The molecule has 0 bridgehead atoms. The molecular weight excluding hydrogens is 532 g/mol. The van der Waals surface area contributed by atoms with E-state index in [9.17, 15) is 9.90 Å². The van der Waals surface area contributed by atoms with Crippen LogP contribution in [-0.2, 0) is 17.0 Å². The molecule has 0 unspecified atom stereocenters. The molecule has 4 aromatic carbocycles. The van der Waals surface area contributed by atoms with Crippen LogP contribution in [0.1, 0.15) is 27.8 Å². The van der Waals surface area contributed by atoms with E-state index >= 15 is 0 Å². The number of ether oxygens (including phenoxy) is 2. The Morgan fingerprint density at radius 1 is 0.946 bits per heavy atom. The van der Waals surface area contributed by atoms with Crippen LogP contribution in [0.4, 0.5) is 0 Å². The van der Waals surface area contributed by atoms with Crippen molar-refractivity contribution in [2.24, 2.45) is 5.10 Å². The van der Waals surface area contributed by atoms with E-state index in [1.165, 1.54) is 11.8 Å². The summed E-state index contributed by atoms with van der Waals surface area (Å²) in [6, 6.07) is 29.2. The number of amides is 1. The number of carbonyl (C=O) groups is 1. The third-order valence-corrected chi connectivity index (χ3v) is 6.57. The summed E-state index contributed by atoms with van der Waals surface area (Å²) >= 11 is 3.54. The van der Waals surface area contributed by atoms with Gasteiger partial charge in [0.2, 0.25) is 0 Å². The predicted octanol–water partition coefficient (Wildman–Crippen LogP) is 5.73. The average Bonchev–Trinajstić information content (AvgIpc) is 2.94. The van der Waals surface area contributed by atoms with Crippen LogP contribution in [0.3, 0.4) is 0 Å². The van der Waals surface area contributed by atoms with Gasteiger partial charge in [0.1, 0.15) is 6.61 Å². The highest BCUT2D eigenvalue weighted by atomic mass is 79.9. The third kappa shape index (κ3) is 6.07. The quantitative estimate of drug-likeness (QED) is 0.203. The molecule has 4 rings (SSSR count). The molecule has 7 heteroatoms. The number of hydrazone groups is 1. The van der Waals surface area contributed by atoms with Gasteiger partial charge in [0.25, 0.3) is 5.91 Å². The van der Waals surface area contributed by atoms with E-state index in [4.69, 9.17) is 9.47 Å². The molecule has 0 aromatic heterocycles. The molecule has 0 radical (unpaired) electrons. The molecule has 0 saturated heterocycles. The van der Waals surface area contributed by atoms with Crippen molar-refractivity contribution < 1.29 is 19.4 Å². The number of carbonyl (C=O) groups excluding carboxylic acids is 1. The average molecular weight is 559 g/mol. The van der Waals surface area contributed by atoms with Crippen LogP contribution in [0.2, 0.25) is 0 Å². The van der Waals surface area contributed by atoms with E-state index < -0.39 is 11.5 Å². The van der Waals surface area contributed by atoms with Crippen LogP contribution in [-0.4, -0.2) is 24.3 Å². The zero-order valence-corrected chi connectivity index (χ0v) is 22.1. The lowest BCUT2D eigenvalue weighted by molar-refractivity contribution is -0.136. The van der Waals surface area contributed by atoms with Crippen molar-refractivity contribution in [3.05, 3.63) is 129 Å². The zero-order chi connectivity index (χ0) is 26.3. The van der Waals surface area contributed by atoms with Gasteiger partial charge in [-0.25, -0.2) is 5.43 Å². The number of rotatable bonds is 9. The van der Waals surface area contributed by atoms with Crippen LogP contribution in [0.25, 0.3) is 0 Å². The topological polar surface area (TPSA) is 80.2 Å². The van der Waals surface area contributed by atoms with Crippen LogP contribution in [0, 0.1) is 6.92 Å². The molecule has 0 atom stereocenters. The fourth-order valence-corrected chi connectivity index (χ4v) is 4.22. The van der Waals surface area contributed by atoms with E-state index in [2.05, 4.69) is 26.5 Å². The number of nitrogens with zero attached hydrogens (tertiary/aromatic N) is 1. The second-order valence-corrected chi connectivity index (χ2v) is 9.29. The SMILES string of the molecule is COc1cc(C=NNC(=O)C(O)(c2ccccc2)c2ccccc2)c(Br)cc1OCc1ccc(C)cc1. The first kappa shape index (κ1) is 26.1. The second kappa shape index (κ2) is 11.9. The first-order chi connectivity index (χ1) is 17.9.